The van der Waals surface area contributed by atoms with Gasteiger partial charge in [0.1, 0.15) is 10.3 Å². The largest absolute Gasteiger partial charge is 0.416 e. The highest BCUT2D eigenvalue weighted by Gasteiger charge is 2.30. The molecular weight excluding hydrogens is 381 g/mol. The van der Waals surface area contributed by atoms with Crippen LogP contribution in [0.25, 0.3) is 0 Å². The topological polar surface area (TPSA) is 81.6 Å². The Labute approximate surface area is 159 Å². The highest BCUT2D eigenvalue weighted by atomic mass is 35.5. The van der Waals surface area contributed by atoms with Crippen LogP contribution in [0.4, 0.5) is 4.79 Å². The van der Waals surface area contributed by atoms with E-state index < -0.39 is 6.09 Å². The average molecular weight is 396 g/mol. The molecule has 0 N–H and O–H groups in total. The molecule has 0 saturated carbocycles. The number of pyridine rings is 2. The molecule has 0 unspecified atom stereocenters. The number of amides is 1. The molecule has 0 atom stereocenters. The summed E-state index contributed by atoms with van der Waals surface area (Å²) in [6.07, 6.45) is 0.415. The number of carbonyl (C=O) groups excluding carboxylic acids is 2. The molecule has 7 nitrogen and oxygen atoms in total. The van der Waals surface area contributed by atoms with Gasteiger partial charge in [-0.25, -0.2) is 14.8 Å². The Morgan fingerprint density at radius 1 is 0.923 bits per heavy atom. The van der Waals surface area contributed by atoms with Gasteiger partial charge in [-0.05, 0) is 25.0 Å². The molecule has 0 aromatic carbocycles. The van der Waals surface area contributed by atoms with Gasteiger partial charge in [0.05, 0.1) is 5.92 Å². The summed E-state index contributed by atoms with van der Waals surface area (Å²) in [6.45, 7) is 0.754. The minimum Gasteiger partial charge on any atom is -0.407 e. The van der Waals surface area contributed by atoms with Crippen molar-refractivity contribution in [2.45, 2.75) is 12.8 Å². The minimum absolute atomic E-state index is 0.135. The average Bonchev–Trinajstić information content (AvgIpc) is 2.62. The van der Waals surface area contributed by atoms with E-state index in [1.54, 1.807) is 36.4 Å². The van der Waals surface area contributed by atoms with Gasteiger partial charge in [-0.2, -0.15) is 0 Å². The fourth-order valence-corrected chi connectivity index (χ4v) is 2.84. The highest BCUT2D eigenvalue weighted by molar-refractivity contribution is 6.29. The lowest BCUT2D eigenvalue weighted by Crippen LogP contribution is -2.42. The Kier molecular flexibility index (Phi) is 5.90. The smallest absolute Gasteiger partial charge is 0.407 e. The Hall–Kier alpha value is -2.38. The van der Waals surface area contributed by atoms with Crippen molar-refractivity contribution in [2.75, 3.05) is 13.1 Å². The van der Waals surface area contributed by atoms with Crippen LogP contribution in [0.1, 0.15) is 12.8 Å². The second kappa shape index (κ2) is 8.33. The van der Waals surface area contributed by atoms with E-state index in [0.717, 1.165) is 0 Å². The molecule has 1 amide bonds. The molecule has 9 heteroatoms. The molecule has 3 heterocycles. The number of carbonyl (C=O) groups is 2. The van der Waals surface area contributed by atoms with Gasteiger partial charge in [-0.1, -0.05) is 35.3 Å². The first kappa shape index (κ1) is 18.4. The number of rotatable bonds is 3. The number of likely N-dealkylation sites (tertiary alicyclic amines) is 1. The Morgan fingerprint density at radius 3 is 2.00 bits per heavy atom. The van der Waals surface area contributed by atoms with Crippen LogP contribution in [0, 0.1) is 5.92 Å². The molecule has 136 valence electrons. The van der Waals surface area contributed by atoms with E-state index in [1.165, 1.54) is 4.90 Å². The summed E-state index contributed by atoms with van der Waals surface area (Å²) in [5, 5.41) is 0.494. The van der Waals surface area contributed by atoms with Gasteiger partial charge >= 0.3 is 12.1 Å². The van der Waals surface area contributed by atoms with Gasteiger partial charge in [0, 0.05) is 25.2 Å². The second-order valence-electron chi connectivity index (χ2n) is 5.65. The Bertz CT molecular complexity index is 743. The van der Waals surface area contributed by atoms with Gasteiger partial charge in [0.25, 0.3) is 0 Å². The maximum atomic E-state index is 12.2. The van der Waals surface area contributed by atoms with Crippen molar-refractivity contribution in [3.05, 3.63) is 46.7 Å². The van der Waals surface area contributed by atoms with Crippen molar-refractivity contribution in [3.63, 3.8) is 0 Å². The Balaban J connectivity index is 1.50. The van der Waals surface area contributed by atoms with Crippen molar-refractivity contribution < 1.29 is 19.1 Å². The summed E-state index contributed by atoms with van der Waals surface area (Å²) >= 11 is 11.5. The molecule has 3 rings (SSSR count). The van der Waals surface area contributed by atoms with Crippen molar-refractivity contribution >= 4 is 35.3 Å². The fraction of sp³-hybridized carbons (Fsp3) is 0.294. The number of hydrogen-bond acceptors (Lipinski definition) is 6. The van der Waals surface area contributed by atoms with Crippen LogP contribution in [-0.4, -0.2) is 40.0 Å². The minimum atomic E-state index is -0.525. The van der Waals surface area contributed by atoms with E-state index in [0.29, 0.717) is 25.9 Å². The lowest BCUT2D eigenvalue weighted by Gasteiger charge is -2.29. The molecule has 1 aliphatic heterocycles. The Morgan fingerprint density at radius 2 is 1.46 bits per heavy atom. The van der Waals surface area contributed by atoms with Crippen LogP contribution < -0.4 is 9.47 Å². The normalized spacial score (nSPS) is 14.8. The highest BCUT2D eigenvalue weighted by Crippen LogP contribution is 2.22. The zero-order valence-corrected chi connectivity index (χ0v) is 15.1. The maximum absolute atomic E-state index is 12.2. The standard InChI is InChI=1S/C17H15Cl2N3O4/c18-12-3-1-5-14(20-12)25-16(23)11-7-9-22(10-8-11)17(24)26-15-6-2-4-13(19)21-15/h1-6,11H,7-10H2. The van der Waals surface area contributed by atoms with E-state index in [9.17, 15) is 9.59 Å². The lowest BCUT2D eigenvalue weighted by molar-refractivity contribution is -0.140. The number of halogens is 2. The number of esters is 1. The molecule has 2 aromatic heterocycles. The van der Waals surface area contributed by atoms with Crippen LogP contribution in [0.2, 0.25) is 10.3 Å². The van der Waals surface area contributed by atoms with Gasteiger partial charge < -0.3 is 14.4 Å². The SMILES string of the molecule is O=C(Oc1cccc(Cl)n1)C1CCN(C(=O)Oc2cccc(Cl)n2)CC1. The van der Waals surface area contributed by atoms with E-state index >= 15 is 0 Å². The van der Waals surface area contributed by atoms with E-state index in [2.05, 4.69) is 9.97 Å². The molecule has 0 spiro atoms. The van der Waals surface area contributed by atoms with Crippen LogP contribution in [-0.2, 0) is 4.79 Å². The first-order valence-electron chi connectivity index (χ1n) is 7.95. The summed E-state index contributed by atoms with van der Waals surface area (Å²) in [6, 6.07) is 9.59. The van der Waals surface area contributed by atoms with Gasteiger partial charge in [0.15, 0.2) is 0 Å². The monoisotopic (exact) mass is 395 g/mol. The fourth-order valence-electron chi connectivity index (χ4n) is 2.53. The third kappa shape index (κ3) is 4.83. The predicted octanol–water partition coefficient (Wildman–Crippen LogP) is 3.60. The summed E-state index contributed by atoms with van der Waals surface area (Å²) in [7, 11) is 0. The molecule has 1 aliphatic rings. The van der Waals surface area contributed by atoms with Gasteiger partial charge in [-0.3, -0.25) is 4.79 Å². The van der Waals surface area contributed by atoms with Crippen LogP contribution in [0.5, 0.6) is 11.8 Å². The van der Waals surface area contributed by atoms with Crippen molar-refractivity contribution in [1.82, 2.24) is 14.9 Å². The maximum Gasteiger partial charge on any atom is 0.416 e. The molecule has 0 radical (unpaired) electrons. The quantitative estimate of drug-likeness (QED) is 0.583. The summed E-state index contributed by atoms with van der Waals surface area (Å²) in [5.41, 5.74) is 0. The second-order valence-corrected chi connectivity index (χ2v) is 6.42. The number of aromatic nitrogens is 2. The van der Waals surface area contributed by atoms with Crippen LogP contribution in [0.3, 0.4) is 0 Å². The number of nitrogens with zero attached hydrogens (tertiary/aromatic N) is 3. The summed E-state index contributed by atoms with van der Waals surface area (Å²) in [5.74, 6) is -0.402. The van der Waals surface area contributed by atoms with E-state index in [-0.39, 0.29) is 34.0 Å². The van der Waals surface area contributed by atoms with Crippen molar-refractivity contribution in [2.24, 2.45) is 5.92 Å². The predicted molar refractivity (Wildman–Crippen MR) is 94.5 cm³/mol. The first-order chi connectivity index (χ1) is 12.5. The third-order valence-corrected chi connectivity index (χ3v) is 4.28. The number of piperidine rings is 1. The van der Waals surface area contributed by atoms with E-state index in [1.807, 2.05) is 0 Å². The molecule has 1 fully saturated rings. The first-order valence-corrected chi connectivity index (χ1v) is 8.70. The third-order valence-electron chi connectivity index (χ3n) is 3.86. The van der Waals surface area contributed by atoms with Crippen LogP contribution in [0.15, 0.2) is 36.4 Å². The van der Waals surface area contributed by atoms with Crippen molar-refractivity contribution in [3.8, 4) is 11.8 Å². The van der Waals surface area contributed by atoms with E-state index in [4.69, 9.17) is 32.7 Å². The molecule has 1 saturated heterocycles. The lowest BCUT2D eigenvalue weighted by atomic mass is 9.97. The summed E-state index contributed by atoms with van der Waals surface area (Å²) in [4.78, 5) is 33.7. The molecule has 0 aliphatic carbocycles. The van der Waals surface area contributed by atoms with Gasteiger partial charge in [0.2, 0.25) is 11.8 Å². The van der Waals surface area contributed by atoms with Crippen molar-refractivity contribution in [1.29, 1.82) is 0 Å². The zero-order chi connectivity index (χ0) is 18.5. The molecule has 0 bridgehead atoms. The zero-order valence-electron chi connectivity index (χ0n) is 13.6. The van der Waals surface area contributed by atoms with Crippen LogP contribution >= 0.6 is 23.2 Å². The molecule has 26 heavy (non-hydrogen) atoms. The molecular formula is C17H15Cl2N3O4. The number of ether oxygens (including phenoxy) is 2. The summed E-state index contributed by atoms with van der Waals surface area (Å²) < 4.78 is 10.4. The van der Waals surface area contributed by atoms with Gasteiger partial charge in [-0.15, -0.1) is 0 Å². The molecule has 2 aromatic rings. The number of hydrogen-bond donors (Lipinski definition) is 0.